The van der Waals surface area contributed by atoms with Crippen molar-refractivity contribution in [3.63, 3.8) is 0 Å². The second-order valence-electron chi connectivity index (χ2n) is 9.74. The van der Waals surface area contributed by atoms with Crippen LogP contribution in [0, 0.1) is 41.3 Å². The average Bonchev–Trinajstić information content (AvgIpc) is 2.67. The molecule has 26 heavy (non-hydrogen) atoms. The number of hydrogen-bond acceptors (Lipinski definition) is 0. The second-order valence-corrected chi connectivity index (χ2v) is 9.74. The Morgan fingerprint density at radius 1 is 0.769 bits per heavy atom. The standard InChI is InChI=1S/C25H37F/c1-2-3-19-8-14-24-21(16-19)10-11-22-17-20(9-15-25(22)24)5-4-18-6-12-23(26)13-7-18/h6-7,12-13,19-22,24-25H,2-5,8-11,14-17H2,1H3/t19-,20?,21-,22+,24+,25+/m1/s1. The highest BCUT2D eigenvalue weighted by atomic mass is 19.1. The highest BCUT2D eigenvalue weighted by Gasteiger charge is 2.44. The third-order valence-corrected chi connectivity index (χ3v) is 8.21. The number of hydrogen-bond donors (Lipinski definition) is 0. The zero-order valence-corrected chi connectivity index (χ0v) is 16.6. The number of aryl methyl sites for hydroxylation is 1. The van der Waals surface area contributed by atoms with E-state index in [0.717, 1.165) is 41.9 Å². The summed E-state index contributed by atoms with van der Waals surface area (Å²) >= 11 is 0. The van der Waals surface area contributed by atoms with E-state index in [1.165, 1.54) is 69.8 Å². The van der Waals surface area contributed by atoms with Crippen LogP contribution in [-0.4, -0.2) is 0 Å². The van der Waals surface area contributed by atoms with Gasteiger partial charge in [0.15, 0.2) is 0 Å². The molecule has 0 N–H and O–H groups in total. The summed E-state index contributed by atoms with van der Waals surface area (Å²) in [5, 5.41) is 0. The number of benzene rings is 1. The predicted octanol–water partition coefficient (Wildman–Crippen LogP) is 7.42. The van der Waals surface area contributed by atoms with E-state index in [0.29, 0.717) is 0 Å². The third kappa shape index (κ3) is 4.18. The van der Waals surface area contributed by atoms with Crippen LogP contribution >= 0.6 is 0 Å². The summed E-state index contributed by atoms with van der Waals surface area (Å²) < 4.78 is 13.1. The largest absolute Gasteiger partial charge is 0.207 e. The Balaban J connectivity index is 1.28. The molecule has 0 nitrogen and oxygen atoms in total. The van der Waals surface area contributed by atoms with Gasteiger partial charge in [-0.25, -0.2) is 4.39 Å². The lowest BCUT2D eigenvalue weighted by molar-refractivity contribution is -0.00405. The highest BCUT2D eigenvalue weighted by Crippen LogP contribution is 2.54. The summed E-state index contributed by atoms with van der Waals surface area (Å²) in [6, 6.07) is 7.17. The fourth-order valence-corrected chi connectivity index (χ4v) is 6.94. The molecule has 0 bridgehead atoms. The summed E-state index contributed by atoms with van der Waals surface area (Å²) in [7, 11) is 0. The van der Waals surface area contributed by atoms with Crippen molar-refractivity contribution in [3.05, 3.63) is 35.6 Å². The minimum absolute atomic E-state index is 0.111. The molecular weight excluding hydrogens is 319 g/mol. The SMILES string of the molecule is CCC[C@@H]1CC[C@H]2[C@H](CC[C@H]3CC(CCc4ccc(F)cc4)CC[C@@H]32)C1. The number of rotatable bonds is 5. The lowest BCUT2D eigenvalue weighted by atomic mass is 9.55. The molecule has 0 heterocycles. The first kappa shape index (κ1) is 18.5. The molecule has 6 atom stereocenters. The van der Waals surface area contributed by atoms with Crippen LogP contribution < -0.4 is 0 Å². The van der Waals surface area contributed by atoms with E-state index in [9.17, 15) is 4.39 Å². The van der Waals surface area contributed by atoms with Gasteiger partial charge in [0.05, 0.1) is 0 Å². The lowest BCUT2D eigenvalue weighted by Crippen LogP contribution is -2.41. The lowest BCUT2D eigenvalue weighted by Gasteiger charge is -2.51. The molecule has 0 radical (unpaired) electrons. The van der Waals surface area contributed by atoms with E-state index in [2.05, 4.69) is 6.92 Å². The molecule has 4 rings (SSSR count). The van der Waals surface area contributed by atoms with Crippen molar-refractivity contribution in [1.29, 1.82) is 0 Å². The van der Waals surface area contributed by atoms with E-state index < -0.39 is 0 Å². The Bertz CT molecular complexity index is 562. The molecule has 144 valence electrons. The maximum atomic E-state index is 13.1. The molecule has 0 spiro atoms. The maximum absolute atomic E-state index is 13.1. The number of halogens is 1. The van der Waals surface area contributed by atoms with E-state index >= 15 is 0 Å². The topological polar surface area (TPSA) is 0 Å². The van der Waals surface area contributed by atoms with Crippen molar-refractivity contribution >= 4 is 0 Å². The minimum Gasteiger partial charge on any atom is -0.207 e. The van der Waals surface area contributed by atoms with Gasteiger partial charge in [0.2, 0.25) is 0 Å². The van der Waals surface area contributed by atoms with Gasteiger partial charge in [-0.2, -0.15) is 0 Å². The molecule has 0 amide bonds. The smallest absolute Gasteiger partial charge is 0.123 e. The molecule has 1 aromatic rings. The molecule has 1 heteroatoms. The predicted molar refractivity (Wildman–Crippen MR) is 108 cm³/mol. The van der Waals surface area contributed by atoms with Crippen LogP contribution in [0.1, 0.15) is 83.1 Å². The Morgan fingerprint density at radius 2 is 1.35 bits per heavy atom. The molecule has 3 aliphatic rings. The molecule has 1 unspecified atom stereocenters. The van der Waals surface area contributed by atoms with E-state index in [1.54, 1.807) is 18.6 Å². The molecule has 0 saturated heterocycles. The van der Waals surface area contributed by atoms with Gasteiger partial charge in [-0.15, -0.1) is 0 Å². The zero-order chi connectivity index (χ0) is 17.9. The van der Waals surface area contributed by atoms with Crippen molar-refractivity contribution in [2.75, 3.05) is 0 Å². The fourth-order valence-electron chi connectivity index (χ4n) is 6.94. The van der Waals surface area contributed by atoms with E-state index in [-0.39, 0.29) is 5.82 Å². The quantitative estimate of drug-likeness (QED) is 0.515. The van der Waals surface area contributed by atoms with Crippen molar-refractivity contribution in [1.82, 2.24) is 0 Å². The minimum atomic E-state index is -0.111. The summed E-state index contributed by atoms with van der Waals surface area (Å²) in [5.41, 5.74) is 1.31. The molecule has 0 aromatic heterocycles. The molecule has 3 aliphatic carbocycles. The second kappa shape index (κ2) is 8.44. The molecule has 3 fully saturated rings. The normalized spacial score (nSPS) is 37.0. The van der Waals surface area contributed by atoms with Crippen LogP contribution in [0.4, 0.5) is 4.39 Å². The van der Waals surface area contributed by atoms with Crippen molar-refractivity contribution in [3.8, 4) is 0 Å². The average molecular weight is 357 g/mol. The van der Waals surface area contributed by atoms with Crippen LogP contribution in [-0.2, 0) is 6.42 Å². The van der Waals surface area contributed by atoms with E-state index in [1.807, 2.05) is 12.1 Å². The Hall–Kier alpha value is -0.850. The van der Waals surface area contributed by atoms with Crippen LogP contribution in [0.3, 0.4) is 0 Å². The first-order valence-corrected chi connectivity index (χ1v) is 11.5. The Kier molecular flexibility index (Phi) is 6.01. The van der Waals surface area contributed by atoms with Crippen molar-refractivity contribution < 1.29 is 4.39 Å². The van der Waals surface area contributed by atoms with Gasteiger partial charge in [-0.1, -0.05) is 44.7 Å². The first-order valence-electron chi connectivity index (χ1n) is 11.5. The molecule has 3 saturated carbocycles. The summed E-state index contributed by atoms with van der Waals surface area (Å²) in [5.74, 6) is 6.06. The first-order chi connectivity index (χ1) is 12.7. The van der Waals surface area contributed by atoms with Gasteiger partial charge < -0.3 is 0 Å². The van der Waals surface area contributed by atoms with Crippen molar-refractivity contribution in [2.24, 2.45) is 35.5 Å². The third-order valence-electron chi connectivity index (χ3n) is 8.21. The van der Waals surface area contributed by atoms with Crippen LogP contribution in [0.2, 0.25) is 0 Å². The monoisotopic (exact) mass is 356 g/mol. The van der Waals surface area contributed by atoms with Crippen LogP contribution in [0.5, 0.6) is 0 Å². The Labute approximate surface area is 160 Å². The van der Waals surface area contributed by atoms with Gasteiger partial charge in [-0.05, 0) is 105 Å². The molecule has 0 aliphatic heterocycles. The van der Waals surface area contributed by atoms with Crippen LogP contribution in [0.25, 0.3) is 0 Å². The van der Waals surface area contributed by atoms with Gasteiger partial charge >= 0.3 is 0 Å². The molecule has 1 aromatic carbocycles. The maximum Gasteiger partial charge on any atom is 0.123 e. The highest BCUT2D eigenvalue weighted by molar-refractivity contribution is 5.16. The zero-order valence-electron chi connectivity index (χ0n) is 16.6. The van der Waals surface area contributed by atoms with Gasteiger partial charge in [0, 0.05) is 0 Å². The van der Waals surface area contributed by atoms with Gasteiger partial charge in [-0.3, -0.25) is 0 Å². The van der Waals surface area contributed by atoms with Gasteiger partial charge in [0.25, 0.3) is 0 Å². The van der Waals surface area contributed by atoms with Crippen molar-refractivity contribution in [2.45, 2.75) is 84.0 Å². The summed E-state index contributed by atoms with van der Waals surface area (Å²) in [6.07, 6.45) is 17.4. The van der Waals surface area contributed by atoms with E-state index in [4.69, 9.17) is 0 Å². The Morgan fingerprint density at radius 3 is 1.92 bits per heavy atom. The fraction of sp³-hybridized carbons (Fsp3) is 0.760. The van der Waals surface area contributed by atoms with Crippen LogP contribution in [0.15, 0.2) is 24.3 Å². The van der Waals surface area contributed by atoms with Gasteiger partial charge in [0.1, 0.15) is 5.82 Å². The summed E-state index contributed by atoms with van der Waals surface area (Å²) in [6.45, 7) is 2.36. The summed E-state index contributed by atoms with van der Waals surface area (Å²) in [4.78, 5) is 0. The molecular formula is C25H37F. The number of fused-ring (bicyclic) bond motifs is 3.